The number of sulfone groups is 1. The number of aliphatic hydroxyl groups excluding tert-OH is 1. The molecule has 14 heavy (non-hydrogen) atoms. The summed E-state index contributed by atoms with van der Waals surface area (Å²) < 4.78 is 22.8. The van der Waals surface area contributed by atoms with E-state index in [4.69, 9.17) is 5.11 Å². The van der Waals surface area contributed by atoms with Gasteiger partial charge in [0.2, 0.25) is 0 Å². The van der Waals surface area contributed by atoms with E-state index in [1.54, 1.807) is 0 Å². The van der Waals surface area contributed by atoms with Crippen LogP contribution in [0.15, 0.2) is 0 Å². The van der Waals surface area contributed by atoms with E-state index >= 15 is 0 Å². The van der Waals surface area contributed by atoms with Gasteiger partial charge in [0, 0.05) is 18.3 Å². The minimum atomic E-state index is -2.95. The molecule has 1 aliphatic carbocycles. The zero-order chi connectivity index (χ0) is 10.8. The van der Waals surface area contributed by atoms with Crippen molar-refractivity contribution in [1.29, 1.82) is 0 Å². The Hall–Kier alpha value is -0.130. The molecule has 4 nitrogen and oxygen atoms in total. The van der Waals surface area contributed by atoms with Crippen molar-refractivity contribution in [2.75, 3.05) is 12.9 Å². The first-order chi connectivity index (χ1) is 6.45. The number of hydrogen-bond acceptors (Lipinski definition) is 4. The van der Waals surface area contributed by atoms with E-state index in [9.17, 15) is 8.42 Å². The first kappa shape index (κ1) is 11.9. The number of aliphatic hydroxyl groups is 1. The van der Waals surface area contributed by atoms with Crippen LogP contribution in [0.3, 0.4) is 0 Å². The highest BCUT2D eigenvalue weighted by Gasteiger charge is 2.34. The summed E-state index contributed by atoms with van der Waals surface area (Å²) in [6, 6.07) is -0.00509. The summed E-state index contributed by atoms with van der Waals surface area (Å²) in [6.07, 6.45) is 3.88. The van der Waals surface area contributed by atoms with Crippen LogP contribution >= 0.6 is 0 Å². The minimum Gasteiger partial charge on any atom is -0.395 e. The monoisotopic (exact) mass is 221 g/mol. The van der Waals surface area contributed by atoms with Gasteiger partial charge in [-0.1, -0.05) is 6.42 Å². The predicted molar refractivity (Wildman–Crippen MR) is 56.0 cm³/mol. The van der Waals surface area contributed by atoms with Crippen LogP contribution in [0.2, 0.25) is 0 Å². The van der Waals surface area contributed by atoms with Gasteiger partial charge in [-0.3, -0.25) is 0 Å². The summed E-state index contributed by atoms with van der Waals surface area (Å²) in [5.74, 6) is 0. The summed E-state index contributed by atoms with van der Waals surface area (Å²) in [4.78, 5) is 0. The van der Waals surface area contributed by atoms with Crippen molar-refractivity contribution < 1.29 is 13.5 Å². The van der Waals surface area contributed by atoms with Gasteiger partial charge in [0.05, 0.1) is 11.9 Å². The smallest absolute Gasteiger partial charge is 0.151 e. The van der Waals surface area contributed by atoms with Gasteiger partial charge in [-0.25, -0.2) is 8.42 Å². The van der Waals surface area contributed by atoms with Gasteiger partial charge in [-0.15, -0.1) is 0 Å². The Bertz CT molecular complexity index is 276. The highest BCUT2D eigenvalue weighted by Crippen LogP contribution is 2.25. The van der Waals surface area contributed by atoms with Crippen LogP contribution in [-0.2, 0) is 9.84 Å². The van der Waals surface area contributed by atoms with Crippen molar-refractivity contribution in [3.8, 4) is 0 Å². The summed E-state index contributed by atoms with van der Waals surface area (Å²) in [5, 5.41) is 11.8. The molecule has 0 saturated heterocycles. The molecule has 0 radical (unpaired) electrons. The lowest BCUT2D eigenvalue weighted by Gasteiger charge is -2.22. The second-order valence-corrected chi connectivity index (χ2v) is 6.42. The van der Waals surface area contributed by atoms with Crippen LogP contribution in [-0.4, -0.2) is 43.7 Å². The Labute approximate surface area is 85.6 Å². The van der Waals surface area contributed by atoms with Crippen molar-refractivity contribution in [3.63, 3.8) is 0 Å². The molecule has 0 aromatic carbocycles. The molecular formula is C9H19NO3S. The van der Waals surface area contributed by atoms with Gasteiger partial charge < -0.3 is 10.4 Å². The molecule has 1 aliphatic rings. The van der Waals surface area contributed by atoms with Crippen molar-refractivity contribution in [1.82, 2.24) is 5.32 Å². The maximum absolute atomic E-state index is 11.4. The Morgan fingerprint density at radius 2 is 2.14 bits per heavy atom. The first-order valence-corrected chi connectivity index (χ1v) is 6.96. The van der Waals surface area contributed by atoms with Crippen molar-refractivity contribution >= 4 is 9.84 Å². The van der Waals surface area contributed by atoms with E-state index in [0.717, 1.165) is 19.3 Å². The number of rotatable bonds is 4. The summed E-state index contributed by atoms with van der Waals surface area (Å²) in [5.41, 5.74) is 0. The predicted octanol–water partition coefficient (Wildman–Crippen LogP) is -0.0775. The number of nitrogens with one attached hydrogen (secondary N) is 1. The fourth-order valence-electron chi connectivity index (χ4n) is 2.05. The number of hydrogen-bond donors (Lipinski definition) is 2. The fourth-order valence-corrected chi connectivity index (χ4v) is 3.45. The van der Waals surface area contributed by atoms with Crippen LogP contribution in [0.25, 0.3) is 0 Å². The molecule has 0 aromatic rings. The molecule has 1 fully saturated rings. The lowest BCUT2D eigenvalue weighted by molar-refractivity contribution is 0.241. The van der Waals surface area contributed by atoms with Gasteiger partial charge >= 0.3 is 0 Å². The van der Waals surface area contributed by atoms with E-state index in [2.05, 4.69) is 5.32 Å². The zero-order valence-corrected chi connectivity index (χ0v) is 9.55. The van der Waals surface area contributed by atoms with Crippen molar-refractivity contribution in [3.05, 3.63) is 0 Å². The second kappa shape index (κ2) is 4.59. The van der Waals surface area contributed by atoms with Gasteiger partial charge in [0.15, 0.2) is 9.84 Å². The molecule has 0 bridgehead atoms. The summed E-state index contributed by atoms with van der Waals surface area (Å²) in [6.45, 7) is 1.91. The van der Waals surface area contributed by atoms with E-state index in [0.29, 0.717) is 0 Å². The largest absolute Gasteiger partial charge is 0.395 e. The molecule has 0 aliphatic heterocycles. The van der Waals surface area contributed by atoms with Gasteiger partial charge in [-0.2, -0.15) is 0 Å². The average Bonchev–Trinajstić information content (AvgIpc) is 2.51. The standard InChI is InChI=1S/C9H19NO3S/c1-7(6-11)10-8-4-3-5-9(8)14(2,12)13/h7-11H,3-6H2,1-2H3/t7-,8+,9-/m1/s1. The lowest BCUT2D eigenvalue weighted by atomic mass is 10.2. The summed E-state index contributed by atoms with van der Waals surface area (Å²) in [7, 11) is -2.95. The Morgan fingerprint density at radius 3 is 2.64 bits per heavy atom. The SMILES string of the molecule is C[C@H](CO)N[C@H]1CCC[C@H]1S(C)(=O)=O. The third-order valence-electron chi connectivity index (χ3n) is 2.77. The average molecular weight is 221 g/mol. The van der Waals surface area contributed by atoms with E-state index in [1.165, 1.54) is 6.26 Å². The first-order valence-electron chi connectivity index (χ1n) is 5.01. The molecule has 1 saturated carbocycles. The molecule has 1 rings (SSSR count). The summed E-state index contributed by atoms with van der Waals surface area (Å²) >= 11 is 0. The molecule has 0 heterocycles. The topological polar surface area (TPSA) is 66.4 Å². The van der Waals surface area contributed by atoms with Crippen LogP contribution < -0.4 is 5.32 Å². The molecule has 3 atom stereocenters. The minimum absolute atomic E-state index is 0.0205. The molecule has 84 valence electrons. The van der Waals surface area contributed by atoms with Crippen LogP contribution in [0.5, 0.6) is 0 Å². The lowest BCUT2D eigenvalue weighted by Crippen LogP contribution is -2.45. The molecule has 0 aromatic heterocycles. The molecule has 0 amide bonds. The highest BCUT2D eigenvalue weighted by molar-refractivity contribution is 7.91. The molecule has 5 heteroatoms. The molecule has 2 N–H and O–H groups in total. The molecule has 0 spiro atoms. The Balaban J connectivity index is 2.60. The normalized spacial score (nSPS) is 30.5. The van der Waals surface area contributed by atoms with Gasteiger partial charge in [-0.05, 0) is 19.8 Å². The van der Waals surface area contributed by atoms with Crippen molar-refractivity contribution in [2.24, 2.45) is 0 Å². The Kier molecular flexibility index (Phi) is 3.92. The van der Waals surface area contributed by atoms with Crippen LogP contribution in [0.4, 0.5) is 0 Å². The fraction of sp³-hybridized carbons (Fsp3) is 1.00. The second-order valence-electron chi connectivity index (χ2n) is 4.16. The third-order valence-corrected chi connectivity index (χ3v) is 4.44. The maximum atomic E-state index is 11.4. The van der Waals surface area contributed by atoms with Crippen LogP contribution in [0, 0.1) is 0 Å². The van der Waals surface area contributed by atoms with E-state index in [1.807, 2.05) is 6.92 Å². The molecular weight excluding hydrogens is 202 g/mol. The van der Waals surface area contributed by atoms with Crippen molar-refractivity contribution in [2.45, 2.75) is 43.5 Å². The third kappa shape index (κ3) is 2.93. The van der Waals surface area contributed by atoms with E-state index < -0.39 is 9.84 Å². The maximum Gasteiger partial charge on any atom is 0.151 e. The Morgan fingerprint density at radius 1 is 1.50 bits per heavy atom. The van der Waals surface area contributed by atoms with E-state index in [-0.39, 0.29) is 23.9 Å². The zero-order valence-electron chi connectivity index (χ0n) is 8.73. The van der Waals surface area contributed by atoms with Gasteiger partial charge in [0.1, 0.15) is 0 Å². The molecule has 0 unspecified atom stereocenters. The highest BCUT2D eigenvalue weighted by atomic mass is 32.2. The quantitative estimate of drug-likeness (QED) is 0.697. The van der Waals surface area contributed by atoms with Crippen LogP contribution in [0.1, 0.15) is 26.2 Å². The van der Waals surface area contributed by atoms with Gasteiger partial charge in [0.25, 0.3) is 0 Å².